The minimum atomic E-state index is -4.42. The Balaban J connectivity index is 1.78. The smallest absolute Gasteiger partial charge is 0.308 e. The molecule has 0 radical (unpaired) electrons. The lowest BCUT2D eigenvalue weighted by Crippen LogP contribution is -2.16. The molecule has 2 aromatic heterocycles. The lowest BCUT2D eigenvalue weighted by atomic mass is 10.3. The number of alkyl halides is 3. The number of aromatic nitrogens is 3. The Labute approximate surface area is 113 Å². The molecule has 4 nitrogen and oxygen atoms in total. The molecule has 2 aromatic rings. The summed E-state index contributed by atoms with van der Waals surface area (Å²) in [6.45, 7) is 0.617. The zero-order valence-electron chi connectivity index (χ0n) is 10.6. The van der Waals surface area contributed by atoms with Crippen LogP contribution < -0.4 is 5.32 Å². The van der Waals surface area contributed by atoms with Gasteiger partial charge in [0.25, 0.3) is 0 Å². The summed E-state index contributed by atoms with van der Waals surface area (Å²) in [6.07, 6.45) is 0.806. The van der Waals surface area contributed by atoms with Gasteiger partial charge in [0.2, 0.25) is 0 Å². The van der Waals surface area contributed by atoms with Crippen LogP contribution >= 0.6 is 0 Å². The minimum Gasteiger partial charge on any atom is -0.308 e. The second-order valence-electron chi connectivity index (χ2n) is 4.80. The Hall–Kier alpha value is -1.89. The van der Waals surface area contributed by atoms with Crippen molar-refractivity contribution in [2.75, 3.05) is 0 Å². The van der Waals surface area contributed by atoms with Crippen molar-refractivity contribution in [1.29, 1.82) is 0 Å². The summed E-state index contributed by atoms with van der Waals surface area (Å²) in [5.41, 5.74) is 0.466. The highest BCUT2D eigenvalue weighted by Crippen LogP contribution is 2.27. The quantitative estimate of drug-likeness (QED) is 0.937. The van der Waals surface area contributed by atoms with Crippen LogP contribution in [0.4, 0.5) is 13.2 Å². The van der Waals surface area contributed by atoms with Crippen LogP contribution in [0.2, 0.25) is 0 Å². The molecular weight excluding hydrogens is 269 g/mol. The number of pyridine rings is 1. The summed E-state index contributed by atoms with van der Waals surface area (Å²) in [5.74, 6) is 0. The first-order valence-electron chi connectivity index (χ1n) is 6.34. The molecule has 2 heterocycles. The third kappa shape index (κ3) is 2.98. The van der Waals surface area contributed by atoms with Gasteiger partial charge in [-0.1, -0.05) is 0 Å². The van der Waals surface area contributed by atoms with Gasteiger partial charge in [-0.3, -0.25) is 4.98 Å². The molecule has 20 heavy (non-hydrogen) atoms. The maximum Gasteiger partial charge on any atom is 0.435 e. The predicted molar refractivity (Wildman–Crippen MR) is 66.2 cm³/mol. The van der Waals surface area contributed by atoms with Gasteiger partial charge in [0.1, 0.15) is 0 Å². The van der Waals surface area contributed by atoms with E-state index in [2.05, 4.69) is 15.4 Å². The van der Waals surface area contributed by atoms with Gasteiger partial charge < -0.3 is 5.32 Å². The number of nitrogens with one attached hydrogen (secondary N) is 1. The molecule has 0 aliphatic heterocycles. The highest BCUT2D eigenvalue weighted by molar-refractivity contribution is 5.31. The molecule has 0 amide bonds. The number of halogens is 3. The molecule has 1 aliphatic rings. The van der Waals surface area contributed by atoms with Crippen molar-refractivity contribution in [1.82, 2.24) is 20.1 Å². The summed E-state index contributed by atoms with van der Waals surface area (Å²) >= 11 is 0. The first kappa shape index (κ1) is 13.1. The molecule has 106 valence electrons. The van der Waals surface area contributed by atoms with Crippen LogP contribution in [-0.4, -0.2) is 20.8 Å². The number of hydrogen-bond acceptors (Lipinski definition) is 3. The SMILES string of the molecule is FC(F)(F)c1ccn(-c2ccnc(CNC3CC3)c2)n1. The van der Waals surface area contributed by atoms with E-state index in [-0.39, 0.29) is 0 Å². The summed E-state index contributed by atoms with van der Waals surface area (Å²) in [7, 11) is 0. The van der Waals surface area contributed by atoms with Crippen LogP contribution in [0.3, 0.4) is 0 Å². The molecule has 3 rings (SSSR count). The van der Waals surface area contributed by atoms with Crippen molar-refractivity contribution >= 4 is 0 Å². The van der Waals surface area contributed by atoms with E-state index in [4.69, 9.17) is 0 Å². The molecule has 0 saturated heterocycles. The first-order chi connectivity index (χ1) is 9.52. The van der Waals surface area contributed by atoms with Crippen LogP contribution in [0.1, 0.15) is 24.2 Å². The van der Waals surface area contributed by atoms with Gasteiger partial charge in [0.05, 0.1) is 11.4 Å². The molecule has 0 atom stereocenters. The molecular formula is C13H13F3N4. The number of hydrogen-bond donors (Lipinski definition) is 1. The van der Waals surface area contributed by atoms with E-state index in [1.165, 1.54) is 23.7 Å². The minimum absolute atomic E-state index is 0.557. The van der Waals surface area contributed by atoms with E-state index in [1.54, 1.807) is 18.3 Å². The molecule has 0 spiro atoms. The Morgan fingerprint density at radius 1 is 1.30 bits per heavy atom. The Kier molecular flexibility index (Phi) is 3.21. The molecule has 7 heteroatoms. The zero-order valence-corrected chi connectivity index (χ0v) is 10.6. The average molecular weight is 282 g/mol. The molecule has 0 aromatic carbocycles. The van der Waals surface area contributed by atoms with E-state index in [9.17, 15) is 13.2 Å². The Morgan fingerprint density at radius 2 is 2.10 bits per heavy atom. The van der Waals surface area contributed by atoms with E-state index < -0.39 is 11.9 Å². The van der Waals surface area contributed by atoms with Crippen molar-refractivity contribution in [3.05, 3.63) is 42.0 Å². The normalized spacial score (nSPS) is 15.6. The lowest BCUT2D eigenvalue weighted by molar-refractivity contribution is -0.141. The van der Waals surface area contributed by atoms with Crippen LogP contribution in [-0.2, 0) is 12.7 Å². The van der Waals surface area contributed by atoms with Gasteiger partial charge in [0.15, 0.2) is 5.69 Å². The average Bonchev–Trinajstić information content (AvgIpc) is 3.09. The third-order valence-electron chi connectivity index (χ3n) is 3.09. The summed E-state index contributed by atoms with van der Waals surface area (Å²) in [4.78, 5) is 4.19. The van der Waals surface area contributed by atoms with Crippen LogP contribution in [0.15, 0.2) is 30.6 Å². The maximum absolute atomic E-state index is 12.5. The third-order valence-corrected chi connectivity index (χ3v) is 3.09. The Morgan fingerprint density at radius 3 is 2.75 bits per heavy atom. The summed E-state index contributed by atoms with van der Waals surface area (Å²) in [6, 6.07) is 4.89. The molecule has 0 unspecified atom stereocenters. The van der Waals surface area contributed by atoms with Crippen molar-refractivity contribution < 1.29 is 13.2 Å². The first-order valence-corrected chi connectivity index (χ1v) is 6.34. The second kappa shape index (κ2) is 4.90. The predicted octanol–water partition coefficient (Wildman–Crippen LogP) is 2.54. The van der Waals surface area contributed by atoms with E-state index in [0.29, 0.717) is 18.3 Å². The molecule has 1 fully saturated rings. The standard InChI is InChI=1S/C13H13F3N4/c14-13(15,16)12-4-6-20(19-12)11-3-5-17-10(7-11)8-18-9-1-2-9/h3-7,9,18H,1-2,8H2. The van der Waals surface area contributed by atoms with Crippen molar-refractivity contribution in [2.45, 2.75) is 31.6 Å². The fourth-order valence-corrected chi connectivity index (χ4v) is 1.86. The number of rotatable bonds is 4. The lowest BCUT2D eigenvalue weighted by Gasteiger charge is -2.06. The van der Waals surface area contributed by atoms with Crippen molar-refractivity contribution in [2.24, 2.45) is 0 Å². The summed E-state index contributed by atoms with van der Waals surface area (Å²) in [5, 5.41) is 6.85. The number of nitrogens with zero attached hydrogens (tertiary/aromatic N) is 3. The maximum atomic E-state index is 12.5. The van der Waals surface area contributed by atoms with Crippen LogP contribution in [0.5, 0.6) is 0 Å². The fourth-order valence-electron chi connectivity index (χ4n) is 1.86. The van der Waals surface area contributed by atoms with Gasteiger partial charge in [-0.2, -0.15) is 18.3 Å². The molecule has 1 aliphatic carbocycles. The van der Waals surface area contributed by atoms with Gasteiger partial charge in [-0.15, -0.1) is 0 Å². The van der Waals surface area contributed by atoms with Crippen LogP contribution in [0.25, 0.3) is 5.69 Å². The molecule has 0 bridgehead atoms. The highest BCUT2D eigenvalue weighted by atomic mass is 19.4. The van der Waals surface area contributed by atoms with E-state index >= 15 is 0 Å². The topological polar surface area (TPSA) is 42.7 Å². The fraction of sp³-hybridized carbons (Fsp3) is 0.385. The zero-order chi connectivity index (χ0) is 14.2. The van der Waals surface area contributed by atoms with Crippen molar-refractivity contribution in [3.8, 4) is 5.69 Å². The van der Waals surface area contributed by atoms with Gasteiger partial charge in [0, 0.05) is 25.0 Å². The monoisotopic (exact) mass is 282 g/mol. The summed E-state index contributed by atoms with van der Waals surface area (Å²) < 4.78 is 38.8. The highest BCUT2D eigenvalue weighted by Gasteiger charge is 2.33. The molecule has 1 N–H and O–H groups in total. The van der Waals surface area contributed by atoms with Gasteiger partial charge in [-0.05, 0) is 31.0 Å². The molecule has 1 saturated carbocycles. The van der Waals surface area contributed by atoms with Gasteiger partial charge in [-0.25, -0.2) is 4.68 Å². The largest absolute Gasteiger partial charge is 0.435 e. The second-order valence-corrected chi connectivity index (χ2v) is 4.80. The van der Waals surface area contributed by atoms with E-state index in [0.717, 1.165) is 11.8 Å². The van der Waals surface area contributed by atoms with Crippen LogP contribution in [0, 0.1) is 0 Å². The van der Waals surface area contributed by atoms with E-state index in [1.807, 2.05) is 0 Å². The van der Waals surface area contributed by atoms with Crippen molar-refractivity contribution in [3.63, 3.8) is 0 Å². The Bertz CT molecular complexity index is 602. The van der Waals surface area contributed by atoms with Gasteiger partial charge >= 0.3 is 6.18 Å².